The first-order chi connectivity index (χ1) is 10.7. The molecular weight excluding hydrogens is 300 g/mol. The van der Waals surface area contributed by atoms with E-state index in [2.05, 4.69) is 17.2 Å². The Balaban J connectivity index is 2.11. The number of amides is 1. The lowest BCUT2D eigenvalue weighted by Gasteiger charge is -2.13. The number of rotatable bonds is 8. The van der Waals surface area contributed by atoms with Crippen LogP contribution in [0.5, 0.6) is 11.5 Å². The molecule has 1 amide bonds. The van der Waals surface area contributed by atoms with Crippen LogP contribution in [0, 0.1) is 0 Å². The van der Waals surface area contributed by atoms with Crippen molar-refractivity contribution < 1.29 is 14.3 Å². The number of unbranched alkanes of at least 4 members (excludes halogenated alkanes) is 1. The summed E-state index contributed by atoms with van der Waals surface area (Å²) in [5, 5.41) is 5.14. The second-order valence-corrected chi connectivity index (χ2v) is 5.48. The fourth-order valence-corrected chi connectivity index (χ4v) is 2.34. The standard InChI is InChI=1S/C16H20N2O3S/c1-3-5-9-21-13-7-6-12(11-14(13)20-4-2)15(19)18-16-17-8-10-22-16/h6-8,10-11H,3-5,9H2,1-2H3,(H,17,18,19). The van der Waals surface area contributed by atoms with Crippen molar-refractivity contribution in [3.63, 3.8) is 0 Å². The lowest BCUT2D eigenvalue weighted by Crippen LogP contribution is -2.12. The van der Waals surface area contributed by atoms with Gasteiger partial charge in [-0.1, -0.05) is 13.3 Å². The van der Waals surface area contributed by atoms with E-state index in [9.17, 15) is 4.79 Å². The smallest absolute Gasteiger partial charge is 0.257 e. The molecule has 1 N–H and O–H groups in total. The van der Waals surface area contributed by atoms with Crippen LogP contribution in [0.4, 0.5) is 5.13 Å². The number of thiazole rings is 1. The predicted molar refractivity (Wildman–Crippen MR) is 88.1 cm³/mol. The minimum atomic E-state index is -0.212. The third-order valence-corrected chi connectivity index (χ3v) is 3.60. The van der Waals surface area contributed by atoms with E-state index in [-0.39, 0.29) is 5.91 Å². The normalized spacial score (nSPS) is 10.3. The van der Waals surface area contributed by atoms with Crippen LogP contribution in [-0.4, -0.2) is 24.1 Å². The summed E-state index contributed by atoms with van der Waals surface area (Å²) in [6.07, 6.45) is 3.70. The molecule has 1 aromatic carbocycles. The van der Waals surface area contributed by atoms with E-state index < -0.39 is 0 Å². The molecule has 0 aliphatic rings. The van der Waals surface area contributed by atoms with Crippen molar-refractivity contribution in [3.05, 3.63) is 35.3 Å². The zero-order valence-electron chi connectivity index (χ0n) is 12.8. The number of anilines is 1. The number of nitrogens with zero attached hydrogens (tertiary/aromatic N) is 1. The van der Waals surface area contributed by atoms with Crippen molar-refractivity contribution in [1.82, 2.24) is 4.98 Å². The average Bonchev–Trinajstić information content (AvgIpc) is 3.02. The van der Waals surface area contributed by atoms with E-state index in [4.69, 9.17) is 9.47 Å². The van der Waals surface area contributed by atoms with Crippen LogP contribution in [0.3, 0.4) is 0 Å². The second-order valence-electron chi connectivity index (χ2n) is 4.59. The number of benzene rings is 1. The molecule has 0 saturated carbocycles. The summed E-state index contributed by atoms with van der Waals surface area (Å²) in [6, 6.07) is 5.21. The van der Waals surface area contributed by atoms with Crippen molar-refractivity contribution in [3.8, 4) is 11.5 Å². The van der Waals surface area contributed by atoms with Crippen LogP contribution < -0.4 is 14.8 Å². The van der Waals surface area contributed by atoms with Crippen molar-refractivity contribution in [2.45, 2.75) is 26.7 Å². The van der Waals surface area contributed by atoms with Gasteiger partial charge in [0.25, 0.3) is 5.91 Å². The second kappa shape index (κ2) is 8.38. The van der Waals surface area contributed by atoms with E-state index in [1.54, 1.807) is 24.4 Å². The number of nitrogens with one attached hydrogen (secondary N) is 1. The number of aromatic nitrogens is 1. The molecule has 0 atom stereocenters. The first kappa shape index (κ1) is 16.3. The third kappa shape index (κ3) is 4.46. The van der Waals surface area contributed by atoms with Crippen LogP contribution in [0.1, 0.15) is 37.0 Å². The molecule has 22 heavy (non-hydrogen) atoms. The van der Waals surface area contributed by atoms with Gasteiger partial charge >= 0.3 is 0 Å². The molecule has 6 heteroatoms. The lowest BCUT2D eigenvalue weighted by atomic mass is 10.2. The number of ether oxygens (including phenoxy) is 2. The molecule has 2 rings (SSSR count). The SMILES string of the molecule is CCCCOc1ccc(C(=O)Nc2nccs2)cc1OCC. The summed E-state index contributed by atoms with van der Waals surface area (Å²) >= 11 is 1.38. The number of carbonyl (C=O) groups excluding carboxylic acids is 1. The quantitative estimate of drug-likeness (QED) is 0.748. The van der Waals surface area contributed by atoms with Gasteiger partial charge in [-0.2, -0.15) is 0 Å². The van der Waals surface area contributed by atoms with E-state index in [0.29, 0.717) is 35.4 Å². The Morgan fingerprint density at radius 1 is 1.27 bits per heavy atom. The summed E-state index contributed by atoms with van der Waals surface area (Å²) < 4.78 is 11.3. The van der Waals surface area contributed by atoms with Crippen LogP contribution >= 0.6 is 11.3 Å². The van der Waals surface area contributed by atoms with E-state index in [1.807, 2.05) is 12.3 Å². The predicted octanol–water partition coefficient (Wildman–Crippen LogP) is 3.97. The number of hydrogen-bond acceptors (Lipinski definition) is 5. The highest BCUT2D eigenvalue weighted by Crippen LogP contribution is 2.29. The van der Waals surface area contributed by atoms with Crippen molar-refractivity contribution in [1.29, 1.82) is 0 Å². The Kier molecular flexibility index (Phi) is 6.21. The maximum atomic E-state index is 12.2. The molecule has 0 saturated heterocycles. The Bertz CT molecular complexity index is 599. The molecule has 0 spiro atoms. The molecule has 1 heterocycles. The molecule has 0 unspecified atom stereocenters. The first-order valence-corrected chi connectivity index (χ1v) is 8.23. The molecule has 1 aromatic heterocycles. The Morgan fingerprint density at radius 3 is 2.82 bits per heavy atom. The van der Waals surface area contributed by atoms with Crippen LogP contribution in [0.15, 0.2) is 29.8 Å². The van der Waals surface area contributed by atoms with Crippen LogP contribution in [-0.2, 0) is 0 Å². The maximum Gasteiger partial charge on any atom is 0.257 e. The van der Waals surface area contributed by atoms with Gasteiger partial charge in [0.1, 0.15) is 0 Å². The molecule has 0 aliphatic heterocycles. The van der Waals surface area contributed by atoms with Crippen molar-refractivity contribution in [2.24, 2.45) is 0 Å². The summed E-state index contributed by atoms with van der Waals surface area (Å²) in [4.78, 5) is 16.2. The van der Waals surface area contributed by atoms with Gasteiger partial charge in [0.2, 0.25) is 0 Å². The molecule has 0 fully saturated rings. The average molecular weight is 320 g/mol. The topological polar surface area (TPSA) is 60.5 Å². The molecule has 5 nitrogen and oxygen atoms in total. The molecule has 0 aliphatic carbocycles. The van der Waals surface area contributed by atoms with E-state index in [0.717, 1.165) is 12.8 Å². The van der Waals surface area contributed by atoms with Crippen LogP contribution in [0.2, 0.25) is 0 Å². The van der Waals surface area contributed by atoms with Gasteiger partial charge in [-0.25, -0.2) is 4.98 Å². The Morgan fingerprint density at radius 2 is 2.14 bits per heavy atom. The van der Waals surface area contributed by atoms with Gasteiger partial charge in [0, 0.05) is 17.1 Å². The molecule has 2 aromatic rings. The van der Waals surface area contributed by atoms with Gasteiger partial charge in [-0.05, 0) is 31.5 Å². The van der Waals surface area contributed by atoms with Crippen molar-refractivity contribution in [2.75, 3.05) is 18.5 Å². The number of hydrogen-bond donors (Lipinski definition) is 1. The molecular formula is C16H20N2O3S. The van der Waals surface area contributed by atoms with Gasteiger partial charge < -0.3 is 9.47 Å². The van der Waals surface area contributed by atoms with Gasteiger partial charge in [-0.3, -0.25) is 10.1 Å². The lowest BCUT2D eigenvalue weighted by molar-refractivity contribution is 0.102. The first-order valence-electron chi connectivity index (χ1n) is 7.35. The summed E-state index contributed by atoms with van der Waals surface area (Å²) in [5.41, 5.74) is 0.515. The molecule has 0 radical (unpaired) electrons. The monoisotopic (exact) mass is 320 g/mol. The molecule has 0 bridgehead atoms. The van der Waals surface area contributed by atoms with Gasteiger partial charge in [-0.15, -0.1) is 11.3 Å². The number of carbonyl (C=O) groups is 1. The Hall–Kier alpha value is -2.08. The van der Waals surface area contributed by atoms with Gasteiger partial charge in [0.15, 0.2) is 16.6 Å². The van der Waals surface area contributed by atoms with Gasteiger partial charge in [0.05, 0.1) is 13.2 Å². The summed E-state index contributed by atoms with van der Waals surface area (Å²) in [5.74, 6) is 1.04. The van der Waals surface area contributed by atoms with E-state index in [1.165, 1.54) is 11.3 Å². The zero-order valence-corrected chi connectivity index (χ0v) is 13.6. The third-order valence-electron chi connectivity index (χ3n) is 2.91. The molecule has 118 valence electrons. The minimum absolute atomic E-state index is 0.212. The Labute approximate surface area is 134 Å². The van der Waals surface area contributed by atoms with Crippen molar-refractivity contribution >= 4 is 22.4 Å². The highest BCUT2D eigenvalue weighted by atomic mass is 32.1. The van der Waals surface area contributed by atoms with E-state index >= 15 is 0 Å². The largest absolute Gasteiger partial charge is 0.490 e. The fourth-order valence-electron chi connectivity index (χ4n) is 1.82. The summed E-state index contributed by atoms with van der Waals surface area (Å²) in [7, 11) is 0. The highest BCUT2D eigenvalue weighted by Gasteiger charge is 2.12. The maximum absolute atomic E-state index is 12.2. The highest BCUT2D eigenvalue weighted by molar-refractivity contribution is 7.13. The fraction of sp³-hybridized carbons (Fsp3) is 0.375. The summed E-state index contributed by atoms with van der Waals surface area (Å²) in [6.45, 7) is 5.17. The minimum Gasteiger partial charge on any atom is -0.490 e. The zero-order chi connectivity index (χ0) is 15.8. The van der Waals surface area contributed by atoms with Crippen LogP contribution in [0.25, 0.3) is 0 Å².